The zero-order chi connectivity index (χ0) is 18.3. The third-order valence-corrected chi connectivity index (χ3v) is 1.81. The van der Waals surface area contributed by atoms with Crippen LogP contribution in [0.5, 0.6) is 0 Å². The van der Waals surface area contributed by atoms with Crippen LogP contribution < -0.4 is 10.2 Å². The summed E-state index contributed by atoms with van der Waals surface area (Å²) in [5.74, 6) is -0.750. The molecule has 0 aromatic rings. The molecule has 0 rings (SSSR count). The maximum atomic E-state index is 9.98. The fourth-order valence-electron chi connectivity index (χ4n) is 0.972. The quantitative estimate of drug-likeness (QED) is 0.373. The number of hydrogen-bond donors (Lipinski definition) is 0. The number of likely N-dealkylation sites (N-methyl/N-ethyl adjacent to an activating group) is 2. The number of nitrogens with zero attached hydrogens (tertiary/aromatic N) is 2. The molecule has 0 amide bonds. The summed E-state index contributed by atoms with van der Waals surface area (Å²) in [6.45, 7) is 7.69. The van der Waals surface area contributed by atoms with Crippen molar-refractivity contribution < 1.29 is 39.3 Å². The number of allylic oxidation sites excluding steroid dienone is 4. The Kier molecular flexibility index (Phi) is 24.7. The van der Waals surface area contributed by atoms with Crippen LogP contribution in [-0.4, -0.2) is 62.6 Å². The molecule has 0 heterocycles. The average Bonchev–Trinajstić information content (AvgIpc) is 2.23. The van der Waals surface area contributed by atoms with Crippen molar-refractivity contribution in [2.75, 3.05) is 41.3 Å². The Morgan fingerprint density at radius 2 is 0.957 bits per heavy atom. The van der Waals surface area contributed by atoms with Crippen LogP contribution >= 0.6 is 0 Å². The van der Waals surface area contributed by atoms with E-state index >= 15 is 0 Å². The second kappa shape index (κ2) is 19.0. The average molecular weight is 380 g/mol. The topological polar surface area (TPSA) is 86.7 Å². The largest absolute Gasteiger partial charge is 2.00 e. The minimum absolute atomic E-state index is 0. The summed E-state index contributed by atoms with van der Waals surface area (Å²) in [5, 5.41) is 20.0. The smallest absolute Gasteiger partial charge is 0.876 e. The van der Waals surface area contributed by atoms with Crippen LogP contribution in [0.25, 0.3) is 0 Å². The Bertz CT molecular complexity index is 334. The molecule has 7 heteroatoms. The molecule has 0 aliphatic heterocycles. The van der Waals surface area contributed by atoms with Crippen LogP contribution in [-0.2, 0) is 29.1 Å². The Morgan fingerprint density at radius 1 is 0.739 bits per heavy atom. The van der Waals surface area contributed by atoms with Gasteiger partial charge in [0, 0.05) is 13.1 Å². The predicted molar refractivity (Wildman–Crippen MR) is 86.0 cm³/mol. The molecular weight excluding hydrogens is 350 g/mol. The van der Waals surface area contributed by atoms with Gasteiger partial charge >= 0.3 is 19.5 Å². The summed E-state index contributed by atoms with van der Waals surface area (Å²) < 4.78 is 0. The fourth-order valence-corrected chi connectivity index (χ4v) is 0.972. The number of rotatable bonds is 5. The molecule has 6 nitrogen and oxygen atoms in total. The van der Waals surface area contributed by atoms with Crippen LogP contribution in [0.3, 0.4) is 0 Å². The Balaban J connectivity index is -0.000000116. The summed E-state index contributed by atoms with van der Waals surface area (Å²) >= 11 is 0. The minimum Gasteiger partial charge on any atom is -0.876 e. The van der Waals surface area contributed by atoms with Crippen LogP contribution in [0.15, 0.2) is 23.7 Å². The van der Waals surface area contributed by atoms with Gasteiger partial charge in [0.15, 0.2) is 11.6 Å². The molecular formula is C16H30N2O4Zn. The standard InChI is InChI=1S/C6H16N2.2C5H8O2.Zn/c1-7(2)5-6-8(3)4;2*1-4(6)3-5(2)7;/h5-6H2,1-4H3;2*3,6H,1-2H3;/q;;;+2/p-2/b;2*4-3-;. The molecule has 0 fully saturated rings. The van der Waals surface area contributed by atoms with E-state index in [-0.39, 0.29) is 42.6 Å². The van der Waals surface area contributed by atoms with Gasteiger partial charge in [-0.15, -0.1) is 11.5 Å². The third-order valence-electron chi connectivity index (χ3n) is 1.81. The zero-order valence-electron chi connectivity index (χ0n) is 15.8. The predicted octanol–water partition coefficient (Wildman–Crippen LogP) is -0.214. The van der Waals surface area contributed by atoms with E-state index in [0.717, 1.165) is 25.2 Å². The summed E-state index contributed by atoms with van der Waals surface area (Å²) in [4.78, 5) is 24.3. The van der Waals surface area contributed by atoms with Gasteiger partial charge in [0.25, 0.3) is 0 Å². The number of carbonyl (C=O) groups excluding carboxylic acids is 2. The molecule has 0 aromatic heterocycles. The van der Waals surface area contributed by atoms with Gasteiger partial charge in [-0.25, -0.2) is 0 Å². The summed E-state index contributed by atoms with van der Waals surface area (Å²) in [6, 6.07) is 0. The molecule has 0 aliphatic carbocycles. The van der Waals surface area contributed by atoms with Crippen LogP contribution in [0.4, 0.5) is 0 Å². The monoisotopic (exact) mass is 378 g/mol. The molecule has 0 N–H and O–H groups in total. The van der Waals surface area contributed by atoms with E-state index in [4.69, 9.17) is 0 Å². The van der Waals surface area contributed by atoms with Gasteiger partial charge in [-0.3, -0.25) is 9.59 Å². The van der Waals surface area contributed by atoms with E-state index in [2.05, 4.69) is 38.0 Å². The number of carbonyl (C=O) groups is 2. The van der Waals surface area contributed by atoms with Gasteiger partial charge in [-0.2, -0.15) is 0 Å². The molecule has 0 saturated carbocycles. The summed E-state index contributed by atoms with van der Waals surface area (Å²) in [5.41, 5.74) is 0. The first-order chi connectivity index (χ1) is 9.88. The van der Waals surface area contributed by atoms with E-state index in [0.29, 0.717) is 0 Å². The zero-order valence-corrected chi connectivity index (χ0v) is 18.8. The normalized spacial score (nSPS) is 10.9. The van der Waals surface area contributed by atoms with Crippen molar-refractivity contribution in [2.24, 2.45) is 0 Å². The molecule has 0 saturated heterocycles. The van der Waals surface area contributed by atoms with Crippen LogP contribution in [0.1, 0.15) is 27.7 Å². The molecule has 0 unspecified atom stereocenters. The molecule has 130 valence electrons. The number of hydrogen-bond acceptors (Lipinski definition) is 6. The van der Waals surface area contributed by atoms with Gasteiger partial charge in [0.2, 0.25) is 0 Å². The first-order valence-electron chi connectivity index (χ1n) is 6.89. The van der Waals surface area contributed by atoms with Gasteiger partial charge in [-0.05, 0) is 54.2 Å². The second-order valence-electron chi connectivity index (χ2n) is 5.34. The van der Waals surface area contributed by atoms with Crippen molar-refractivity contribution in [3.8, 4) is 0 Å². The Morgan fingerprint density at radius 3 is 1.00 bits per heavy atom. The van der Waals surface area contributed by atoms with E-state index in [1.807, 2.05) is 0 Å². The molecule has 0 spiro atoms. The van der Waals surface area contributed by atoms with Gasteiger partial charge in [0.1, 0.15) is 0 Å². The van der Waals surface area contributed by atoms with Crippen molar-refractivity contribution in [1.82, 2.24) is 9.80 Å². The van der Waals surface area contributed by atoms with Crippen molar-refractivity contribution >= 4 is 11.6 Å². The first kappa shape index (κ1) is 29.9. The second-order valence-corrected chi connectivity index (χ2v) is 5.34. The molecule has 23 heavy (non-hydrogen) atoms. The number of ketones is 2. The minimum atomic E-state index is -0.187. The first-order valence-corrected chi connectivity index (χ1v) is 6.89. The molecule has 0 aromatic carbocycles. The van der Waals surface area contributed by atoms with Gasteiger partial charge in [-0.1, -0.05) is 13.8 Å². The molecule has 0 aliphatic rings. The van der Waals surface area contributed by atoms with Gasteiger partial charge < -0.3 is 20.0 Å². The SMILES string of the molecule is CC(=O)/C=C(/C)[O-].CC(=O)/C=C(/C)[O-].CN(C)CCN(C)C.[Zn+2]. The third kappa shape index (κ3) is 52.7. The fraction of sp³-hybridized carbons (Fsp3) is 0.625. The van der Waals surface area contributed by atoms with E-state index in [1.165, 1.54) is 27.7 Å². The maximum absolute atomic E-state index is 9.98. The Hall–Kier alpha value is -1.04. The molecule has 0 radical (unpaired) electrons. The summed E-state index contributed by atoms with van der Waals surface area (Å²) in [7, 11) is 8.35. The van der Waals surface area contributed by atoms with Crippen LogP contribution in [0, 0.1) is 0 Å². The van der Waals surface area contributed by atoms with Crippen molar-refractivity contribution in [3.05, 3.63) is 23.7 Å². The Labute approximate surface area is 153 Å². The summed E-state index contributed by atoms with van der Waals surface area (Å²) in [6.07, 6.45) is 2.11. The van der Waals surface area contributed by atoms with Gasteiger partial charge in [0.05, 0.1) is 0 Å². The molecule has 0 bridgehead atoms. The van der Waals surface area contributed by atoms with E-state index in [1.54, 1.807) is 0 Å². The van der Waals surface area contributed by atoms with E-state index < -0.39 is 0 Å². The maximum Gasteiger partial charge on any atom is 2.00 e. The van der Waals surface area contributed by atoms with Crippen molar-refractivity contribution in [3.63, 3.8) is 0 Å². The van der Waals surface area contributed by atoms with Crippen LogP contribution in [0.2, 0.25) is 0 Å². The van der Waals surface area contributed by atoms with E-state index in [9.17, 15) is 19.8 Å². The van der Waals surface area contributed by atoms with Crippen molar-refractivity contribution in [2.45, 2.75) is 27.7 Å². The van der Waals surface area contributed by atoms with Crippen molar-refractivity contribution in [1.29, 1.82) is 0 Å². The molecule has 0 atom stereocenters.